The maximum atomic E-state index is 13.6. The lowest BCUT2D eigenvalue weighted by Crippen LogP contribution is -2.19. The minimum Gasteiger partial charge on any atom is -0.207 e. The van der Waals surface area contributed by atoms with Gasteiger partial charge in [-0.25, -0.2) is 4.39 Å². The van der Waals surface area contributed by atoms with Gasteiger partial charge in [-0.2, -0.15) is 0 Å². The molecule has 1 aromatic carbocycles. The predicted molar refractivity (Wildman–Crippen MR) is 55.7 cm³/mol. The molecule has 3 nitrogen and oxygen atoms in total. The van der Waals surface area contributed by atoms with Crippen LogP contribution in [-0.2, 0) is 5.54 Å². The number of hydrogen-bond donors (Lipinski definition) is 0. The lowest BCUT2D eigenvalue weighted by molar-refractivity contribution is 0.431. The molecule has 1 aliphatic carbocycles. The summed E-state index contributed by atoms with van der Waals surface area (Å²) < 4.78 is 13.6. The van der Waals surface area contributed by atoms with Crippen LogP contribution < -0.4 is 0 Å². The lowest BCUT2D eigenvalue weighted by atomic mass is 9.89. The Morgan fingerprint density at radius 2 is 1.93 bits per heavy atom. The van der Waals surface area contributed by atoms with E-state index >= 15 is 0 Å². The zero-order valence-electron chi connectivity index (χ0n) is 8.36. The van der Waals surface area contributed by atoms with Crippen molar-refractivity contribution in [3.63, 3.8) is 0 Å². The molecule has 2 rings (SSSR count). The Hall–Kier alpha value is -1.54. The number of azide groups is 1. The van der Waals surface area contributed by atoms with E-state index in [1.54, 1.807) is 18.2 Å². The second kappa shape index (κ2) is 3.91. The molecule has 0 amide bonds. The summed E-state index contributed by atoms with van der Waals surface area (Å²) in [6.07, 6.45) is 3.48. The first-order chi connectivity index (χ1) is 7.28. The van der Waals surface area contributed by atoms with Crippen molar-refractivity contribution in [2.45, 2.75) is 31.2 Å². The molecular weight excluding hydrogens is 193 g/mol. The fourth-order valence-electron chi connectivity index (χ4n) is 2.31. The minimum atomic E-state index is -0.639. The van der Waals surface area contributed by atoms with Crippen LogP contribution in [-0.4, -0.2) is 0 Å². The molecule has 0 N–H and O–H groups in total. The largest absolute Gasteiger partial charge is 0.207 e. The summed E-state index contributed by atoms with van der Waals surface area (Å²) in [5.41, 5.74) is 8.48. The minimum absolute atomic E-state index is 0.271. The summed E-state index contributed by atoms with van der Waals surface area (Å²) in [6.45, 7) is 0. The van der Waals surface area contributed by atoms with Gasteiger partial charge in [-0.15, -0.1) is 0 Å². The molecule has 0 atom stereocenters. The van der Waals surface area contributed by atoms with Crippen LogP contribution in [0.5, 0.6) is 0 Å². The van der Waals surface area contributed by atoms with E-state index in [-0.39, 0.29) is 5.82 Å². The maximum absolute atomic E-state index is 13.6. The Bertz CT molecular complexity index is 404. The van der Waals surface area contributed by atoms with Gasteiger partial charge in [0.25, 0.3) is 0 Å². The third-order valence-corrected chi connectivity index (χ3v) is 3.04. The topological polar surface area (TPSA) is 48.8 Å². The Kier molecular flexibility index (Phi) is 2.60. The van der Waals surface area contributed by atoms with Gasteiger partial charge >= 0.3 is 0 Å². The molecule has 0 aliphatic heterocycles. The second-order valence-corrected chi connectivity index (χ2v) is 3.91. The highest BCUT2D eigenvalue weighted by atomic mass is 19.1. The molecule has 0 bridgehead atoms. The number of hydrogen-bond acceptors (Lipinski definition) is 1. The predicted octanol–water partition coefficient (Wildman–Crippen LogP) is 3.91. The molecule has 1 aromatic rings. The van der Waals surface area contributed by atoms with Gasteiger partial charge in [-0.1, -0.05) is 36.2 Å². The third-order valence-electron chi connectivity index (χ3n) is 3.04. The van der Waals surface area contributed by atoms with Gasteiger partial charge in [0.15, 0.2) is 0 Å². The van der Waals surface area contributed by atoms with Gasteiger partial charge < -0.3 is 0 Å². The van der Waals surface area contributed by atoms with E-state index in [2.05, 4.69) is 10.0 Å². The molecule has 1 aliphatic rings. The zero-order chi connectivity index (χ0) is 10.7. The molecule has 0 radical (unpaired) electrons. The highest BCUT2D eigenvalue weighted by Crippen LogP contribution is 2.43. The highest BCUT2D eigenvalue weighted by Gasteiger charge is 2.36. The van der Waals surface area contributed by atoms with Gasteiger partial charge in [-0.3, -0.25) is 0 Å². The van der Waals surface area contributed by atoms with Crippen molar-refractivity contribution in [2.24, 2.45) is 5.11 Å². The third kappa shape index (κ3) is 1.68. The molecular formula is C11H12FN3. The SMILES string of the molecule is [N-]=[N+]=NC1(c2ccccc2F)CCCC1. The van der Waals surface area contributed by atoms with Gasteiger partial charge in [0.05, 0.1) is 5.54 Å². The first-order valence-electron chi connectivity index (χ1n) is 5.10. The Labute approximate surface area is 87.5 Å². The van der Waals surface area contributed by atoms with Crippen LogP contribution in [0, 0.1) is 5.82 Å². The molecule has 1 fully saturated rings. The fraction of sp³-hybridized carbons (Fsp3) is 0.455. The van der Waals surface area contributed by atoms with Crippen molar-refractivity contribution < 1.29 is 4.39 Å². The van der Waals surface area contributed by atoms with E-state index in [0.29, 0.717) is 5.56 Å². The Balaban J connectivity index is 2.50. The molecule has 0 unspecified atom stereocenters. The molecule has 4 heteroatoms. The molecule has 15 heavy (non-hydrogen) atoms. The number of benzene rings is 1. The standard InChI is InChI=1S/C11H12FN3/c12-10-6-2-1-5-9(10)11(14-15-13)7-3-4-8-11/h1-2,5-6H,3-4,7-8H2. The molecule has 0 spiro atoms. The Morgan fingerprint density at radius 3 is 2.53 bits per heavy atom. The Morgan fingerprint density at radius 1 is 1.27 bits per heavy atom. The first kappa shape index (κ1) is 9.99. The zero-order valence-corrected chi connectivity index (χ0v) is 8.36. The van der Waals surface area contributed by atoms with Crippen molar-refractivity contribution in [1.82, 2.24) is 0 Å². The van der Waals surface area contributed by atoms with Crippen LogP contribution in [0.2, 0.25) is 0 Å². The van der Waals surface area contributed by atoms with Crippen LogP contribution >= 0.6 is 0 Å². The van der Waals surface area contributed by atoms with Crippen molar-refractivity contribution in [3.05, 3.63) is 46.1 Å². The normalized spacial score (nSPS) is 18.5. The average molecular weight is 205 g/mol. The molecule has 0 aromatic heterocycles. The van der Waals surface area contributed by atoms with Crippen LogP contribution in [0.25, 0.3) is 10.4 Å². The van der Waals surface area contributed by atoms with Gasteiger partial charge in [0, 0.05) is 4.91 Å². The molecule has 0 saturated heterocycles. The summed E-state index contributed by atoms with van der Waals surface area (Å²) in [7, 11) is 0. The summed E-state index contributed by atoms with van der Waals surface area (Å²) in [5, 5.41) is 3.83. The van der Waals surface area contributed by atoms with Gasteiger partial charge in [-0.05, 0) is 30.0 Å². The first-order valence-corrected chi connectivity index (χ1v) is 5.10. The van der Waals surface area contributed by atoms with Crippen molar-refractivity contribution in [2.75, 3.05) is 0 Å². The van der Waals surface area contributed by atoms with E-state index in [4.69, 9.17) is 5.53 Å². The smallest absolute Gasteiger partial charge is 0.127 e. The van der Waals surface area contributed by atoms with Crippen LogP contribution in [0.3, 0.4) is 0 Å². The van der Waals surface area contributed by atoms with E-state index < -0.39 is 5.54 Å². The lowest BCUT2D eigenvalue weighted by Gasteiger charge is -2.23. The molecule has 1 saturated carbocycles. The van der Waals surface area contributed by atoms with E-state index in [9.17, 15) is 4.39 Å². The monoisotopic (exact) mass is 205 g/mol. The van der Waals surface area contributed by atoms with E-state index in [1.807, 2.05) is 0 Å². The van der Waals surface area contributed by atoms with Crippen molar-refractivity contribution >= 4 is 0 Å². The van der Waals surface area contributed by atoms with Crippen LogP contribution in [0.4, 0.5) is 4.39 Å². The summed E-state index contributed by atoms with van der Waals surface area (Å²) in [6, 6.07) is 6.57. The summed E-state index contributed by atoms with van der Waals surface area (Å²) in [5.74, 6) is -0.271. The van der Waals surface area contributed by atoms with Crippen LogP contribution in [0.1, 0.15) is 31.2 Å². The highest BCUT2D eigenvalue weighted by molar-refractivity contribution is 5.27. The summed E-state index contributed by atoms with van der Waals surface area (Å²) >= 11 is 0. The number of halogens is 1. The van der Waals surface area contributed by atoms with Gasteiger partial charge in [0.1, 0.15) is 5.82 Å². The summed E-state index contributed by atoms with van der Waals surface area (Å²) in [4.78, 5) is 2.87. The van der Waals surface area contributed by atoms with E-state index in [1.165, 1.54) is 6.07 Å². The quantitative estimate of drug-likeness (QED) is 0.399. The van der Waals surface area contributed by atoms with Crippen molar-refractivity contribution in [3.8, 4) is 0 Å². The molecule has 0 heterocycles. The van der Waals surface area contributed by atoms with Crippen LogP contribution in [0.15, 0.2) is 29.4 Å². The maximum Gasteiger partial charge on any atom is 0.127 e. The van der Waals surface area contributed by atoms with E-state index in [0.717, 1.165) is 25.7 Å². The van der Waals surface area contributed by atoms with Crippen molar-refractivity contribution in [1.29, 1.82) is 0 Å². The average Bonchev–Trinajstić information content (AvgIpc) is 2.69. The second-order valence-electron chi connectivity index (χ2n) is 3.91. The van der Waals surface area contributed by atoms with Gasteiger partial charge in [0.2, 0.25) is 0 Å². The molecule has 78 valence electrons. The number of rotatable bonds is 2. The number of nitrogens with zero attached hydrogens (tertiary/aromatic N) is 3. The fourth-order valence-corrected chi connectivity index (χ4v) is 2.31.